The molecule has 3 nitrogen and oxygen atoms in total. The third-order valence-corrected chi connectivity index (χ3v) is 3.53. The monoisotopic (exact) mass is 256 g/mol. The number of hydrogen-bond donors (Lipinski definition) is 1. The van der Waals surface area contributed by atoms with Crippen LogP contribution in [0, 0.1) is 11.3 Å². The first kappa shape index (κ1) is 15.9. The van der Waals surface area contributed by atoms with Crippen LogP contribution in [0.2, 0.25) is 0 Å². The maximum atomic E-state index is 6.09. The highest BCUT2D eigenvalue weighted by molar-refractivity contribution is 4.75. The van der Waals surface area contributed by atoms with E-state index in [1.807, 2.05) is 0 Å². The van der Waals surface area contributed by atoms with Crippen LogP contribution in [0.4, 0.5) is 0 Å². The van der Waals surface area contributed by atoms with Gasteiger partial charge in [0.25, 0.3) is 0 Å². The van der Waals surface area contributed by atoms with Gasteiger partial charge in [0.2, 0.25) is 0 Å². The molecule has 108 valence electrons. The van der Waals surface area contributed by atoms with Gasteiger partial charge in [-0.25, -0.2) is 0 Å². The van der Waals surface area contributed by atoms with Crippen molar-refractivity contribution in [1.29, 1.82) is 0 Å². The minimum absolute atomic E-state index is 0.234. The highest BCUT2D eigenvalue weighted by Gasteiger charge is 2.22. The molecule has 0 amide bonds. The van der Waals surface area contributed by atoms with E-state index in [2.05, 4.69) is 45.0 Å². The minimum Gasteiger partial charge on any atom is -0.378 e. The Balaban J connectivity index is 2.16. The number of likely N-dealkylation sites (tertiary alicyclic amines) is 1. The third kappa shape index (κ3) is 6.72. The molecule has 0 atom stereocenters. The molecule has 0 aliphatic carbocycles. The minimum atomic E-state index is 0.234. The fraction of sp³-hybridized carbons (Fsp3) is 1.00. The molecule has 0 radical (unpaired) electrons. The van der Waals surface area contributed by atoms with Crippen molar-refractivity contribution in [2.75, 3.05) is 39.8 Å². The van der Waals surface area contributed by atoms with Crippen LogP contribution in [0.3, 0.4) is 0 Å². The van der Waals surface area contributed by atoms with Crippen molar-refractivity contribution in [2.24, 2.45) is 11.3 Å². The van der Waals surface area contributed by atoms with Crippen LogP contribution in [0.5, 0.6) is 0 Å². The van der Waals surface area contributed by atoms with Crippen molar-refractivity contribution < 1.29 is 4.74 Å². The maximum absolute atomic E-state index is 6.09. The SMILES string of the molecule is CC(C)CNCC(C)(C)COC1CCN(C)CC1. The Morgan fingerprint density at radius 2 is 1.89 bits per heavy atom. The van der Waals surface area contributed by atoms with Crippen molar-refractivity contribution >= 4 is 0 Å². The van der Waals surface area contributed by atoms with Crippen LogP contribution >= 0.6 is 0 Å². The van der Waals surface area contributed by atoms with Crippen molar-refractivity contribution in [3.05, 3.63) is 0 Å². The summed E-state index contributed by atoms with van der Waals surface area (Å²) in [6, 6.07) is 0. The summed E-state index contributed by atoms with van der Waals surface area (Å²) in [5, 5.41) is 3.53. The van der Waals surface area contributed by atoms with Crippen LogP contribution in [0.1, 0.15) is 40.5 Å². The zero-order chi connectivity index (χ0) is 13.6. The molecular formula is C15H32N2O. The molecule has 0 aromatic rings. The maximum Gasteiger partial charge on any atom is 0.0599 e. The van der Waals surface area contributed by atoms with Gasteiger partial charge in [-0.15, -0.1) is 0 Å². The van der Waals surface area contributed by atoms with E-state index in [1.54, 1.807) is 0 Å². The quantitative estimate of drug-likeness (QED) is 0.757. The van der Waals surface area contributed by atoms with E-state index in [0.717, 1.165) is 25.6 Å². The van der Waals surface area contributed by atoms with Gasteiger partial charge in [-0.2, -0.15) is 0 Å². The van der Waals surface area contributed by atoms with E-state index >= 15 is 0 Å². The molecule has 0 bridgehead atoms. The zero-order valence-corrected chi connectivity index (χ0v) is 13.0. The molecule has 18 heavy (non-hydrogen) atoms. The van der Waals surface area contributed by atoms with E-state index < -0.39 is 0 Å². The van der Waals surface area contributed by atoms with Crippen molar-refractivity contribution in [2.45, 2.75) is 46.6 Å². The lowest BCUT2D eigenvalue weighted by Gasteiger charge is -2.32. The molecule has 0 spiro atoms. The highest BCUT2D eigenvalue weighted by atomic mass is 16.5. The van der Waals surface area contributed by atoms with E-state index in [1.165, 1.54) is 25.9 Å². The average molecular weight is 256 g/mol. The number of ether oxygens (including phenoxy) is 1. The van der Waals surface area contributed by atoms with Gasteiger partial charge in [0.15, 0.2) is 0 Å². The smallest absolute Gasteiger partial charge is 0.0599 e. The molecule has 1 N–H and O–H groups in total. The predicted octanol–water partition coefficient (Wildman–Crippen LogP) is 2.37. The number of nitrogens with one attached hydrogen (secondary N) is 1. The lowest BCUT2D eigenvalue weighted by Crippen LogP contribution is -2.39. The third-order valence-electron chi connectivity index (χ3n) is 3.53. The average Bonchev–Trinajstić information content (AvgIpc) is 2.27. The van der Waals surface area contributed by atoms with Crippen LogP contribution < -0.4 is 5.32 Å². The van der Waals surface area contributed by atoms with Crippen molar-refractivity contribution in [3.8, 4) is 0 Å². The lowest BCUT2D eigenvalue weighted by molar-refractivity contribution is -0.0247. The fourth-order valence-corrected chi connectivity index (χ4v) is 2.25. The normalized spacial score (nSPS) is 19.7. The number of nitrogens with zero attached hydrogens (tertiary/aromatic N) is 1. The Hall–Kier alpha value is -0.120. The molecule has 1 aliphatic heterocycles. The van der Waals surface area contributed by atoms with E-state index in [-0.39, 0.29) is 5.41 Å². The number of hydrogen-bond acceptors (Lipinski definition) is 3. The van der Waals surface area contributed by atoms with Gasteiger partial charge in [0, 0.05) is 25.0 Å². The van der Waals surface area contributed by atoms with Crippen LogP contribution in [0.15, 0.2) is 0 Å². The largest absolute Gasteiger partial charge is 0.378 e. The second-order valence-electron chi connectivity index (χ2n) is 7.00. The predicted molar refractivity (Wildman–Crippen MR) is 78.0 cm³/mol. The fourth-order valence-electron chi connectivity index (χ4n) is 2.25. The molecule has 0 aromatic carbocycles. The first-order valence-corrected chi connectivity index (χ1v) is 7.40. The van der Waals surface area contributed by atoms with Gasteiger partial charge < -0.3 is 15.0 Å². The van der Waals surface area contributed by atoms with E-state index in [9.17, 15) is 0 Å². The molecule has 1 fully saturated rings. The molecule has 0 saturated carbocycles. The van der Waals surface area contributed by atoms with Crippen molar-refractivity contribution in [3.63, 3.8) is 0 Å². The highest BCUT2D eigenvalue weighted by Crippen LogP contribution is 2.19. The van der Waals surface area contributed by atoms with Gasteiger partial charge in [-0.1, -0.05) is 27.7 Å². The first-order valence-electron chi connectivity index (χ1n) is 7.40. The standard InChI is InChI=1S/C15H32N2O/c1-13(2)10-16-11-15(3,4)12-18-14-6-8-17(5)9-7-14/h13-14,16H,6-12H2,1-5H3. The van der Waals surface area contributed by atoms with Gasteiger partial charge in [0.05, 0.1) is 12.7 Å². The van der Waals surface area contributed by atoms with Gasteiger partial charge in [0.1, 0.15) is 0 Å². The Morgan fingerprint density at radius 3 is 2.44 bits per heavy atom. The van der Waals surface area contributed by atoms with Gasteiger partial charge >= 0.3 is 0 Å². The summed E-state index contributed by atoms with van der Waals surface area (Å²) in [5.74, 6) is 0.718. The van der Waals surface area contributed by atoms with Crippen LogP contribution in [-0.2, 0) is 4.74 Å². The Kier molecular flexibility index (Phi) is 6.61. The molecule has 1 rings (SSSR count). The summed E-state index contributed by atoms with van der Waals surface area (Å²) in [6.07, 6.45) is 2.85. The first-order chi connectivity index (χ1) is 8.39. The molecule has 3 heteroatoms. The van der Waals surface area contributed by atoms with E-state index in [4.69, 9.17) is 4.74 Å². The second kappa shape index (κ2) is 7.46. The summed E-state index contributed by atoms with van der Waals surface area (Å²) in [5.41, 5.74) is 0.234. The Labute approximate surface area is 113 Å². The molecule has 1 aliphatic rings. The van der Waals surface area contributed by atoms with Crippen LogP contribution in [-0.4, -0.2) is 50.8 Å². The molecule has 0 aromatic heterocycles. The summed E-state index contributed by atoms with van der Waals surface area (Å²) in [6.45, 7) is 14.4. The Bertz CT molecular complexity index is 221. The number of rotatable bonds is 7. The summed E-state index contributed by atoms with van der Waals surface area (Å²) in [4.78, 5) is 2.38. The Morgan fingerprint density at radius 1 is 1.28 bits per heavy atom. The van der Waals surface area contributed by atoms with E-state index in [0.29, 0.717) is 6.10 Å². The summed E-state index contributed by atoms with van der Waals surface area (Å²) in [7, 11) is 2.19. The molecule has 0 unspecified atom stereocenters. The van der Waals surface area contributed by atoms with Gasteiger partial charge in [-0.05, 0) is 32.4 Å². The number of piperidine rings is 1. The molecule has 1 heterocycles. The van der Waals surface area contributed by atoms with Crippen molar-refractivity contribution in [1.82, 2.24) is 10.2 Å². The van der Waals surface area contributed by atoms with Crippen LogP contribution in [0.25, 0.3) is 0 Å². The summed E-state index contributed by atoms with van der Waals surface area (Å²) >= 11 is 0. The topological polar surface area (TPSA) is 24.5 Å². The van der Waals surface area contributed by atoms with Gasteiger partial charge in [-0.3, -0.25) is 0 Å². The second-order valence-corrected chi connectivity index (χ2v) is 7.00. The zero-order valence-electron chi connectivity index (χ0n) is 13.0. The lowest BCUT2D eigenvalue weighted by atomic mass is 9.94. The summed E-state index contributed by atoms with van der Waals surface area (Å²) < 4.78 is 6.09. The molecule has 1 saturated heterocycles. The molecular weight excluding hydrogens is 224 g/mol.